The Morgan fingerprint density at radius 3 is 2.59 bits per heavy atom. The number of hydrogen-bond acceptors (Lipinski definition) is 6. The van der Waals surface area contributed by atoms with Crippen LogP contribution in [0.4, 0.5) is 13.2 Å². The van der Waals surface area contributed by atoms with E-state index in [1.54, 1.807) is 41.1 Å². The molecule has 2 aromatic heterocycles. The lowest BCUT2D eigenvalue weighted by Crippen LogP contribution is -2.40. The Balaban J connectivity index is 1.36. The number of halogens is 3. The summed E-state index contributed by atoms with van der Waals surface area (Å²) in [4.78, 5) is 16.3. The molecule has 0 aliphatic carbocycles. The zero-order chi connectivity index (χ0) is 24.3. The molecule has 180 valence electrons. The van der Waals surface area contributed by atoms with Crippen LogP contribution in [0, 0.1) is 0 Å². The second-order valence-electron chi connectivity index (χ2n) is 7.82. The summed E-state index contributed by atoms with van der Waals surface area (Å²) in [5.74, 6) is 0.227. The molecule has 0 saturated carbocycles. The van der Waals surface area contributed by atoms with Gasteiger partial charge in [-0.2, -0.15) is 28.8 Å². The van der Waals surface area contributed by atoms with Gasteiger partial charge in [-0.1, -0.05) is 12.1 Å². The third-order valence-electron chi connectivity index (χ3n) is 5.52. The fourth-order valence-electron chi connectivity index (χ4n) is 3.81. The molecule has 0 unspecified atom stereocenters. The number of Topliss-reactive ketones (excluding diaryl/α,β-unsaturated/α-hetero) is 1. The third-order valence-corrected chi connectivity index (χ3v) is 8.25. The molecule has 0 radical (unpaired) electrons. The van der Waals surface area contributed by atoms with Crippen LogP contribution in [0.5, 0.6) is 11.5 Å². The van der Waals surface area contributed by atoms with Crippen LogP contribution in [0.2, 0.25) is 0 Å². The molecule has 1 fully saturated rings. The lowest BCUT2D eigenvalue weighted by molar-refractivity contribution is -0.141. The summed E-state index contributed by atoms with van der Waals surface area (Å²) < 4.78 is 70.9. The first kappa shape index (κ1) is 24.4. The van der Waals surface area contributed by atoms with Gasteiger partial charge in [0.15, 0.2) is 5.78 Å². The Labute approximate surface area is 199 Å². The number of rotatable bonds is 8. The molecule has 0 amide bonds. The van der Waals surface area contributed by atoms with E-state index in [4.69, 9.17) is 4.74 Å². The number of aromatic nitrogens is 1. The van der Waals surface area contributed by atoms with E-state index in [2.05, 4.69) is 4.98 Å². The second kappa shape index (κ2) is 9.85. The quantitative estimate of drug-likeness (QED) is 0.411. The van der Waals surface area contributed by atoms with Crippen LogP contribution in [-0.2, 0) is 27.4 Å². The summed E-state index contributed by atoms with van der Waals surface area (Å²) in [6.07, 6.45) is -1.80. The number of nitrogens with zero attached hydrogens (tertiary/aromatic N) is 2. The summed E-state index contributed by atoms with van der Waals surface area (Å²) in [5, 5.41) is 3.26. The summed E-state index contributed by atoms with van der Waals surface area (Å²) in [5.41, 5.74) is -0.209. The molecule has 6 nitrogen and oxygen atoms in total. The molecule has 1 atom stereocenters. The van der Waals surface area contributed by atoms with Gasteiger partial charge in [-0.3, -0.25) is 9.78 Å². The molecular formula is C23H21F3N2O4S2. The van der Waals surface area contributed by atoms with Gasteiger partial charge in [0.05, 0.1) is 10.9 Å². The molecule has 3 heterocycles. The number of aryl methyl sites for hydroxylation is 1. The standard InChI is InChI=1S/C23H21F3N2O4S2/c24-23(25,26)22-14-18(9-11-27-22)32-17-6-3-16(4-7-17)5-8-21(29)20-2-1-12-28(20)34(30,31)19-10-13-33-15-19/h3-4,6-7,9-11,13-15,20H,1-2,5,8,12H2/t20-/m0/s1. The Hall–Kier alpha value is -2.76. The largest absolute Gasteiger partial charge is 0.457 e. The Bertz CT molecular complexity index is 1240. The number of alkyl halides is 3. The minimum Gasteiger partial charge on any atom is -0.457 e. The molecule has 0 N–H and O–H groups in total. The van der Waals surface area contributed by atoms with Gasteiger partial charge in [0.2, 0.25) is 10.0 Å². The summed E-state index contributed by atoms with van der Waals surface area (Å²) >= 11 is 1.29. The van der Waals surface area contributed by atoms with Crippen molar-refractivity contribution < 1.29 is 31.1 Å². The van der Waals surface area contributed by atoms with Crippen LogP contribution >= 0.6 is 11.3 Å². The van der Waals surface area contributed by atoms with Gasteiger partial charge >= 0.3 is 6.18 Å². The molecule has 1 aliphatic heterocycles. The molecule has 1 aromatic carbocycles. The molecule has 4 rings (SSSR count). The first-order valence-electron chi connectivity index (χ1n) is 10.5. The number of ketones is 1. The van der Waals surface area contributed by atoms with Gasteiger partial charge in [-0.25, -0.2) is 8.42 Å². The van der Waals surface area contributed by atoms with Crippen LogP contribution in [0.25, 0.3) is 0 Å². The smallest absolute Gasteiger partial charge is 0.433 e. The van der Waals surface area contributed by atoms with Crippen molar-refractivity contribution in [3.63, 3.8) is 0 Å². The molecule has 3 aromatic rings. The fourth-order valence-corrected chi connectivity index (χ4v) is 6.50. The van der Waals surface area contributed by atoms with Gasteiger partial charge < -0.3 is 4.74 Å². The molecule has 34 heavy (non-hydrogen) atoms. The highest BCUT2D eigenvalue weighted by Gasteiger charge is 2.39. The zero-order valence-corrected chi connectivity index (χ0v) is 19.5. The van der Waals surface area contributed by atoms with Crippen LogP contribution in [0.1, 0.15) is 30.5 Å². The molecule has 1 aliphatic rings. The molecular weight excluding hydrogens is 489 g/mol. The maximum Gasteiger partial charge on any atom is 0.433 e. The maximum absolute atomic E-state index is 12.8. The fraction of sp³-hybridized carbons (Fsp3) is 0.304. The molecule has 1 saturated heterocycles. The number of hydrogen-bond donors (Lipinski definition) is 0. The lowest BCUT2D eigenvalue weighted by Gasteiger charge is -2.22. The van der Waals surface area contributed by atoms with Crippen LogP contribution in [0.3, 0.4) is 0 Å². The van der Waals surface area contributed by atoms with E-state index < -0.39 is 27.9 Å². The topological polar surface area (TPSA) is 76.6 Å². The highest BCUT2D eigenvalue weighted by atomic mass is 32.2. The van der Waals surface area contributed by atoms with Gasteiger partial charge in [0, 0.05) is 30.6 Å². The van der Waals surface area contributed by atoms with Crippen molar-refractivity contribution in [2.75, 3.05) is 6.54 Å². The minimum absolute atomic E-state index is 0.0124. The van der Waals surface area contributed by atoms with Crippen LogP contribution in [0.15, 0.2) is 64.3 Å². The number of sulfonamides is 1. The van der Waals surface area contributed by atoms with E-state index in [0.717, 1.165) is 17.8 Å². The predicted octanol–water partition coefficient (Wildman–Crippen LogP) is 5.31. The van der Waals surface area contributed by atoms with Crippen LogP contribution < -0.4 is 4.74 Å². The minimum atomic E-state index is -4.56. The van der Waals surface area contributed by atoms with E-state index in [1.165, 1.54) is 21.7 Å². The SMILES string of the molecule is O=C(CCc1ccc(Oc2ccnc(C(F)(F)F)c2)cc1)[C@@H]1CCCN1S(=O)(=O)c1ccsc1. The lowest BCUT2D eigenvalue weighted by atomic mass is 10.0. The number of benzene rings is 1. The number of pyridine rings is 1. The predicted molar refractivity (Wildman–Crippen MR) is 120 cm³/mol. The monoisotopic (exact) mass is 510 g/mol. The highest BCUT2D eigenvalue weighted by molar-refractivity contribution is 7.89. The normalized spacial score (nSPS) is 17.1. The first-order valence-corrected chi connectivity index (χ1v) is 12.9. The molecule has 11 heteroatoms. The van der Waals surface area contributed by atoms with E-state index in [1.807, 2.05) is 0 Å². The van der Waals surface area contributed by atoms with Crippen molar-refractivity contribution in [2.45, 2.75) is 42.8 Å². The van der Waals surface area contributed by atoms with E-state index in [-0.39, 0.29) is 22.8 Å². The average molecular weight is 511 g/mol. The van der Waals surface area contributed by atoms with Gasteiger partial charge in [-0.05, 0) is 54.5 Å². The second-order valence-corrected chi connectivity index (χ2v) is 10.5. The van der Waals surface area contributed by atoms with Gasteiger partial charge in [-0.15, -0.1) is 0 Å². The summed E-state index contributed by atoms with van der Waals surface area (Å²) in [7, 11) is -3.69. The third kappa shape index (κ3) is 5.48. The van der Waals surface area contributed by atoms with Crippen molar-refractivity contribution in [3.8, 4) is 11.5 Å². The van der Waals surface area contributed by atoms with Crippen LogP contribution in [-0.4, -0.2) is 36.1 Å². The number of thiophene rings is 1. The van der Waals surface area contributed by atoms with Crippen molar-refractivity contribution >= 4 is 27.1 Å². The van der Waals surface area contributed by atoms with E-state index in [0.29, 0.717) is 31.6 Å². The highest BCUT2D eigenvalue weighted by Crippen LogP contribution is 2.31. The molecule has 0 bridgehead atoms. The Kier molecular flexibility index (Phi) is 7.06. The van der Waals surface area contributed by atoms with Gasteiger partial charge in [0.25, 0.3) is 0 Å². The number of ether oxygens (including phenoxy) is 1. The summed E-state index contributed by atoms with van der Waals surface area (Å²) in [6, 6.07) is 9.70. The zero-order valence-electron chi connectivity index (χ0n) is 17.9. The number of carbonyl (C=O) groups excluding carboxylic acids is 1. The van der Waals surface area contributed by atoms with E-state index >= 15 is 0 Å². The first-order chi connectivity index (χ1) is 16.1. The van der Waals surface area contributed by atoms with Crippen molar-refractivity contribution in [1.82, 2.24) is 9.29 Å². The van der Waals surface area contributed by atoms with E-state index in [9.17, 15) is 26.4 Å². The van der Waals surface area contributed by atoms with Crippen molar-refractivity contribution in [2.24, 2.45) is 0 Å². The maximum atomic E-state index is 12.8. The average Bonchev–Trinajstić information content (AvgIpc) is 3.51. The summed E-state index contributed by atoms with van der Waals surface area (Å²) in [6.45, 7) is 0.325. The van der Waals surface area contributed by atoms with Crippen molar-refractivity contribution in [1.29, 1.82) is 0 Å². The van der Waals surface area contributed by atoms with Crippen molar-refractivity contribution in [3.05, 3.63) is 70.7 Å². The number of carbonyl (C=O) groups is 1. The molecule has 0 spiro atoms. The Morgan fingerprint density at radius 1 is 1.15 bits per heavy atom. The Morgan fingerprint density at radius 2 is 1.91 bits per heavy atom. The van der Waals surface area contributed by atoms with Gasteiger partial charge in [0.1, 0.15) is 17.2 Å².